The molecule has 1 saturated carbocycles. The Labute approximate surface area is 200 Å². The molecule has 2 aromatic heterocycles. The fraction of sp³-hybridized carbons (Fsp3) is 0.583. The standard InChI is InChI=1S/C24H34ClN5O3/c1-14-9-18(15(2)16(3)24(14,4)5)29-19-12-28-30(23(32)22(19)25)13-20(31)27-11-17-7-8-26-21(10-17)33-6/h7-8,10,12,14-16,18,29H,9,11,13H2,1-6H3,(H,27,31)/t14-,15+,16+,18+/m0/s1. The van der Waals surface area contributed by atoms with Crippen LogP contribution < -0.4 is 20.9 Å². The fourth-order valence-corrected chi connectivity index (χ4v) is 4.71. The Hall–Kier alpha value is -2.61. The second kappa shape index (κ2) is 10.1. The molecule has 3 rings (SSSR count). The predicted molar refractivity (Wildman–Crippen MR) is 129 cm³/mol. The lowest BCUT2D eigenvalue weighted by Gasteiger charge is -2.50. The quantitative estimate of drug-likeness (QED) is 0.633. The highest BCUT2D eigenvalue weighted by molar-refractivity contribution is 6.32. The molecule has 2 aromatic rings. The Morgan fingerprint density at radius 2 is 2.06 bits per heavy atom. The number of amides is 1. The summed E-state index contributed by atoms with van der Waals surface area (Å²) in [5.74, 6) is 1.57. The molecule has 9 heteroatoms. The molecule has 0 radical (unpaired) electrons. The molecule has 1 fully saturated rings. The summed E-state index contributed by atoms with van der Waals surface area (Å²) in [4.78, 5) is 29.2. The zero-order chi connectivity index (χ0) is 24.3. The largest absolute Gasteiger partial charge is 0.481 e. The number of hydrogen-bond donors (Lipinski definition) is 2. The van der Waals surface area contributed by atoms with Gasteiger partial charge in [-0.15, -0.1) is 0 Å². The Kier molecular flexibility index (Phi) is 7.67. The maximum Gasteiger partial charge on any atom is 0.288 e. The molecule has 1 aliphatic rings. The number of ether oxygens (including phenoxy) is 1. The molecule has 180 valence electrons. The summed E-state index contributed by atoms with van der Waals surface area (Å²) in [6.45, 7) is 11.5. The Morgan fingerprint density at radius 1 is 1.33 bits per heavy atom. The van der Waals surface area contributed by atoms with Crippen molar-refractivity contribution in [1.29, 1.82) is 0 Å². The third kappa shape index (κ3) is 5.49. The first kappa shape index (κ1) is 25.0. The van der Waals surface area contributed by atoms with Crippen molar-refractivity contribution >= 4 is 23.2 Å². The number of hydrogen-bond acceptors (Lipinski definition) is 6. The Balaban J connectivity index is 1.65. The van der Waals surface area contributed by atoms with Crippen LogP contribution in [0, 0.1) is 23.2 Å². The number of methoxy groups -OCH3 is 1. The van der Waals surface area contributed by atoms with Crippen LogP contribution in [0.25, 0.3) is 0 Å². The van der Waals surface area contributed by atoms with Crippen LogP contribution in [0.15, 0.2) is 29.3 Å². The molecule has 0 spiro atoms. The van der Waals surface area contributed by atoms with Crippen LogP contribution in [0.5, 0.6) is 5.88 Å². The first-order valence-electron chi connectivity index (χ1n) is 11.3. The molecule has 0 aromatic carbocycles. The number of carbonyl (C=O) groups excluding carboxylic acids is 1. The second-order valence-corrected chi connectivity index (χ2v) is 10.1. The number of anilines is 1. The molecule has 1 amide bonds. The van der Waals surface area contributed by atoms with Crippen LogP contribution in [-0.4, -0.2) is 33.8 Å². The Morgan fingerprint density at radius 3 is 2.76 bits per heavy atom. The first-order chi connectivity index (χ1) is 15.5. The van der Waals surface area contributed by atoms with Crippen LogP contribution >= 0.6 is 11.6 Å². The van der Waals surface area contributed by atoms with Crippen molar-refractivity contribution in [2.45, 2.75) is 60.2 Å². The minimum atomic E-state index is -0.493. The molecule has 0 aliphatic heterocycles. The monoisotopic (exact) mass is 475 g/mol. The van der Waals surface area contributed by atoms with Gasteiger partial charge in [0, 0.05) is 24.8 Å². The van der Waals surface area contributed by atoms with Gasteiger partial charge in [-0.1, -0.05) is 46.2 Å². The third-order valence-corrected chi connectivity index (χ3v) is 7.96. The van der Waals surface area contributed by atoms with Crippen LogP contribution in [0.1, 0.15) is 46.6 Å². The van der Waals surface area contributed by atoms with Crippen LogP contribution in [0.3, 0.4) is 0 Å². The lowest BCUT2D eigenvalue weighted by molar-refractivity contribution is -0.122. The Bertz CT molecular complexity index is 1050. The number of rotatable bonds is 7. The van der Waals surface area contributed by atoms with E-state index in [1.54, 1.807) is 18.3 Å². The normalized spacial score (nSPS) is 24.2. The van der Waals surface area contributed by atoms with Crippen LogP contribution in [0.4, 0.5) is 5.69 Å². The summed E-state index contributed by atoms with van der Waals surface area (Å²) < 4.78 is 6.16. The van der Waals surface area contributed by atoms with Crippen LogP contribution in [-0.2, 0) is 17.9 Å². The van der Waals surface area contributed by atoms with E-state index in [1.165, 1.54) is 13.3 Å². The van der Waals surface area contributed by atoms with Gasteiger partial charge in [-0.05, 0) is 41.2 Å². The van der Waals surface area contributed by atoms with E-state index >= 15 is 0 Å². The molecule has 1 aliphatic carbocycles. The maximum atomic E-state index is 12.8. The maximum absolute atomic E-state index is 12.8. The highest BCUT2D eigenvalue weighted by atomic mass is 35.5. The average molecular weight is 476 g/mol. The van der Waals surface area contributed by atoms with Gasteiger partial charge in [-0.2, -0.15) is 5.10 Å². The van der Waals surface area contributed by atoms with Gasteiger partial charge in [0.2, 0.25) is 11.8 Å². The molecule has 2 heterocycles. The van der Waals surface area contributed by atoms with Crippen molar-refractivity contribution in [3.05, 3.63) is 45.5 Å². The summed E-state index contributed by atoms with van der Waals surface area (Å²) in [6.07, 6.45) is 4.13. The molecule has 4 atom stereocenters. The summed E-state index contributed by atoms with van der Waals surface area (Å²) in [6, 6.07) is 3.70. The number of halogens is 1. The molecule has 8 nitrogen and oxygen atoms in total. The SMILES string of the molecule is COc1cc(CNC(=O)Cn2ncc(N[C@@H]3C[C@H](C)C(C)(C)[C@H](C)[C@H]3C)c(Cl)c2=O)ccn1. The number of carbonyl (C=O) groups is 1. The first-order valence-corrected chi connectivity index (χ1v) is 11.7. The lowest BCUT2D eigenvalue weighted by Crippen LogP contribution is -2.48. The zero-order valence-electron chi connectivity index (χ0n) is 20.2. The summed E-state index contributed by atoms with van der Waals surface area (Å²) in [5.41, 5.74) is 1.10. The molecule has 0 bridgehead atoms. The van der Waals surface area contributed by atoms with E-state index in [0.29, 0.717) is 29.3 Å². The molecular weight excluding hydrogens is 442 g/mol. The van der Waals surface area contributed by atoms with Gasteiger partial charge in [0.05, 0.1) is 19.0 Å². The number of aromatic nitrogens is 3. The van der Waals surface area contributed by atoms with Gasteiger partial charge in [0.1, 0.15) is 11.6 Å². The molecule has 0 unspecified atom stereocenters. The topological polar surface area (TPSA) is 98.1 Å². The van der Waals surface area contributed by atoms with Gasteiger partial charge < -0.3 is 15.4 Å². The smallest absolute Gasteiger partial charge is 0.288 e. The van der Waals surface area contributed by atoms with Crippen molar-refractivity contribution in [3.63, 3.8) is 0 Å². The number of pyridine rings is 1. The van der Waals surface area contributed by atoms with Crippen molar-refractivity contribution < 1.29 is 9.53 Å². The zero-order valence-corrected chi connectivity index (χ0v) is 20.9. The number of nitrogens with zero attached hydrogens (tertiary/aromatic N) is 3. The van der Waals surface area contributed by atoms with Crippen molar-refractivity contribution in [3.8, 4) is 5.88 Å². The minimum Gasteiger partial charge on any atom is -0.481 e. The van der Waals surface area contributed by atoms with Crippen LogP contribution in [0.2, 0.25) is 5.02 Å². The molecule has 33 heavy (non-hydrogen) atoms. The van der Waals surface area contributed by atoms with E-state index < -0.39 is 5.56 Å². The van der Waals surface area contributed by atoms with E-state index in [-0.39, 0.29) is 35.5 Å². The van der Waals surface area contributed by atoms with Gasteiger partial charge >= 0.3 is 0 Å². The highest BCUT2D eigenvalue weighted by Crippen LogP contribution is 2.48. The summed E-state index contributed by atoms with van der Waals surface area (Å²) >= 11 is 6.40. The molecular formula is C24H34ClN5O3. The fourth-order valence-electron chi connectivity index (χ4n) is 4.51. The summed E-state index contributed by atoms with van der Waals surface area (Å²) in [7, 11) is 1.53. The molecule has 2 N–H and O–H groups in total. The van der Waals surface area contributed by atoms with E-state index in [4.69, 9.17) is 16.3 Å². The highest BCUT2D eigenvalue weighted by Gasteiger charge is 2.43. The van der Waals surface area contributed by atoms with Crippen molar-refractivity contribution in [2.24, 2.45) is 23.2 Å². The molecule has 0 saturated heterocycles. The van der Waals surface area contributed by atoms with Gasteiger partial charge in [-0.3, -0.25) is 9.59 Å². The van der Waals surface area contributed by atoms with Gasteiger partial charge in [0.25, 0.3) is 5.56 Å². The predicted octanol–water partition coefficient (Wildman–Crippen LogP) is 3.74. The average Bonchev–Trinajstić information content (AvgIpc) is 2.80. The minimum absolute atomic E-state index is 0.0500. The van der Waals surface area contributed by atoms with Gasteiger partial charge in [-0.25, -0.2) is 9.67 Å². The van der Waals surface area contributed by atoms with Crippen molar-refractivity contribution in [2.75, 3.05) is 12.4 Å². The van der Waals surface area contributed by atoms with Crippen molar-refractivity contribution in [1.82, 2.24) is 20.1 Å². The second-order valence-electron chi connectivity index (χ2n) is 9.67. The van der Waals surface area contributed by atoms with E-state index in [9.17, 15) is 9.59 Å². The van der Waals surface area contributed by atoms with E-state index in [0.717, 1.165) is 16.7 Å². The number of nitrogens with one attached hydrogen (secondary N) is 2. The van der Waals surface area contributed by atoms with Gasteiger partial charge in [0.15, 0.2) is 0 Å². The van der Waals surface area contributed by atoms with E-state index in [1.807, 2.05) is 0 Å². The third-order valence-electron chi connectivity index (χ3n) is 7.59. The summed E-state index contributed by atoms with van der Waals surface area (Å²) in [5, 5.41) is 10.5. The van der Waals surface area contributed by atoms with E-state index in [2.05, 4.69) is 55.3 Å². The lowest BCUT2D eigenvalue weighted by atomic mass is 9.58.